The van der Waals surface area contributed by atoms with Crippen LogP contribution in [0.2, 0.25) is 10.1 Å². The lowest BCUT2D eigenvalue weighted by atomic mass is 10.2. The summed E-state index contributed by atoms with van der Waals surface area (Å²) in [5.74, 6) is 0. The fraction of sp³-hybridized carbons (Fsp3) is 0.600. The van der Waals surface area contributed by atoms with Gasteiger partial charge in [-0.25, -0.2) is 0 Å². The van der Waals surface area contributed by atoms with E-state index in [1.54, 1.807) is 51.1 Å². The van der Waals surface area contributed by atoms with Gasteiger partial charge in [0.05, 0.1) is 0 Å². The van der Waals surface area contributed by atoms with Crippen LogP contribution in [-0.2, 0) is 0 Å². The normalized spacial score (nSPS) is 16.9. The molecule has 0 spiro atoms. The summed E-state index contributed by atoms with van der Waals surface area (Å²) in [6, 6.07) is 8.49. The van der Waals surface area contributed by atoms with Gasteiger partial charge >= 0.3 is 17.5 Å². The molecule has 21 heavy (non-hydrogen) atoms. The third-order valence-electron chi connectivity index (χ3n) is 3.94. The highest BCUT2D eigenvalue weighted by atomic mass is 28.5. The lowest BCUT2D eigenvalue weighted by molar-refractivity contribution is 0.379. The van der Waals surface area contributed by atoms with E-state index in [0.717, 1.165) is 4.23 Å². The molecular formula is C15H26F3NSi2. The van der Waals surface area contributed by atoms with E-state index in [2.05, 4.69) is 0 Å². The van der Waals surface area contributed by atoms with Gasteiger partial charge < -0.3 is 0 Å². The molecule has 0 amide bonds. The maximum atomic E-state index is 16.1. The Morgan fingerprint density at radius 2 is 1.24 bits per heavy atom. The first-order chi connectivity index (χ1) is 9.26. The molecule has 0 saturated heterocycles. The molecular weight excluding hydrogens is 307 g/mol. The Hall–Kier alpha value is -0.596. The van der Waals surface area contributed by atoms with Crippen LogP contribution in [0.4, 0.5) is 12.3 Å². The van der Waals surface area contributed by atoms with Crippen molar-refractivity contribution in [1.82, 2.24) is 4.23 Å². The van der Waals surface area contributed by atoms with Gasteiger partial charge in [-0.3, -0.25) is 16.6 Å². The maximum Gasteiger partial charge on any atom is 0.508 e. The van der Waals surface area contributed by atoms with E-state index in [-0.39, 0.29) is 0 Å². The van der Waals surface area contributed by atoms with Gasteiger partial charge in [0.2, 0.25) is 0 Å². The lowest BCUT2D eigenvalue weighted by Gasteiger charge is -2.47. The summed E-state index contributed by atoms with van der Waals surface area (Å²) in [6.07, 6.45) is 0. The topological polar surface area (TPSA) is 3.24 Å². The largest absolute Gasteiger partial charge is 0.508 e. The molecule has 0 aromatic heterocycles. The molecule has 0 aliphatic heterocycles. The zero-order valence-corrected chi connectivity index (χ0v) is 16.0. The third-order valence-corrected chi connectivity index (χ3v) is 12.4. The Morgan fingerprint density at radius 1 is 0.810 bits per heavy atom. The molecule has 1 unspecified atom stereocenters. The number of rotatable bonds is 3. The van der Waals surface area contributed by atoms with E-state index in [9.17, 15) is 8.22 Å². The molecule has 0 N–H and O–H groups in total. The number of nitrogens with zero attached hydrogens (tertiary/aromatic N) is 1. The Bertz CT molecular complexity index is 480. The molecule has 0 bridgehead atoms. The summed E-state index contributed by atoms with van der Waals surface area (Å²) >= 11 is 0. The summed E-state index contributed by atoms with van der Waals surface area (Å²) < 4.78 is 46.7. The van der Waals surface area contributed by atoms with Crippen LogP contribution in [0.25, 0.3) is 0 Å². The van der Waals surface area contributed by atoms with Gasteiger partial charge in [0.25, 0.3) is 0 Å². The molecule has 1 aromatic rings. The monoisotopic (exact) mass is 333 g/mol. The number of halogens is 3. The van der Waals surface area contributed by atoms with Crippen molar-refractivity contribution in [3.05, 3.63) is 30.3 Å². The Morgan fingerprint density at radius 3 is 1.57 bits per heavy atom. The predicted octanol–water partition coefficient (Wildman–Crippen LogP) is 4.72. The summed E-state index contributed by atoms with van der Waals surface area (Å²) in [7, 11) is -7.67. The van der Waals surface area contributed by atoms with Gasteiger partial charge in [-0.2, -0.15) is 0 Å². The molecule has 1 atom stereocenters. The van der Waals surface area contributed by atoms with Crippen molar-refractivity contribution >= 4 is 22.7 Å². The summed E-state index contributed by atoms with van der Waals surface area (Å²) in [6.45, 7) is 9.65. The van der Waals surface area contributed by atoms with E-state index >= 15 is 4.11 Å². The van der Waals surface area contributed by atoms with Crippen LogP contribution in [0.5, 0.6) is 0 Å². The van der Waals surface area contributed by atoms with Crippen molar-refractivity contribution < 1.29 is 12.3 Å². The molecule has 0 saturated carbocycles. The van der Waals surface area contributed by atoms with Crippen molar-refractivity contribution in [2.75, 3.05) is 7.05 Å². The zero-order valence-electron chi connectivity index (χ0n) is 14.0. The van der Waals surface area contributed by atoms with E-state index in [4.69, 9.17) is 0 Å². The number of benzene rings is 1. The van der Waals surface area contributed by atoms with Crippen molar-refractivity contribution in [1.29, 1.82) is 0 Å². The summed E-state index contributed by atoms with van der Waals surface area (Å²) in [5.41, 5.74) is 0. The minimum absolute atomic E-state index is 0.413. The van der Waals surface area contributed by atoms with Crippen LogP contribution >= 0.6 is 0 Å². The summed E-state index contributed by atoms with van der Waals surface area (Å²) in [5, 5.41) is -1.63. The van der Waals surface area contributed by atoms with E-state index in [1.165, 1.54) is 27.8 Å². The number of hydrogen-bond donors (Lipinski definition) is 0. The fourth-order valence-electron chi connectivity index (χ4n) is 2.49. The standard InChI is InChI=1S/C15H26F3NSi2/c1-14(2,3)20(16,13-11-9-8-10-12-13)19(7)21(17,18)15(4,5)6/h8-12H,1-7H3. The molecule has 1 rings (SSSR count). The predicted molar refractivity (Wildman–Crippen MR) is 88.1 cm³/mol. The average Bonchev–Trinajstić information content (AvgIpc) is 2.35. The van der Waals surface area contributed by atoms with Gasteiger partial charge in [0.1, 0.15) is 0 Å². The second kappa shape index (κ2) is 5.55. The van der Waals surface area contributed by atoms with Crippen molar-refractivity contribution in [2.24, 2.45) is 0 Å². The van der Waals surface area contributed by atoms with Gasteiger partial charge in [0.15, 0.2) is 0 Å². The highest BCUT2D eigenvalue weighted by Gasteiger charge is 2.65. The van der Waals surface area contributed by atoms with Gasteiger partial charge in [-0.15, -0.1) is 0 Å². The molecule has 0 fully saturated rings. The van der Waals surface area contributed by atoms with Crippen LogP contribution in [0.3, 0.4) is 0 Å². The van der Waals surface area contributed by atoms with Gasteiger partial charge in [-0.05, 0) is 12.2 Å². The highest BCUT2D eigenvalue weighted by Crippen LogP contribution is 2.47. The zero-order chi connectivity index (χ0) is 16.7. The lowest BCUT2D eigenvalue weighted by Crippen LogP contribution is -2.71. The molecule has 1 nitrogen and oxygen atoms in total. The van der Waals surface area contributed by atoms with Crippen LogP contribution in [0.15, 0.2) is 30.3 Å². The molecule has 120 valence electrons. The smallest absolute Gasteiger partial charge is 0.286 e. The highest BCUT2D eigenvalue weighted by molar-refractivity contribution is 6.94. The SMILES string of the molecule is CN([Si](F)(F)C(C)(C)C)[Si](F)(c1ccccc1)C(C)(C)C. The van der Waals surface area contributed by atoms with E-state index in [0.29, 0.717) is 5.19 Å². The first-order valence-corrected chi connectivity index (χ1v) is 10.7. The fourth-order valence-corrected chi connectivity index (χ4v) is 10.3. The maximum absolute atomic E-state index is 16.1. The van der Waals surface area contributed by atoms with Crippen molar-refractivity contribution in [3.63, 3.8) is 0 Å². The van der Waals surface area contributed by atoms with E-state index in [1.807, 2.05) is 0 Å². The molecule has 6 heteroatoms. The molecule has 0 aliphatic rings. The quantitative estimate of drug-likeness (QED) is 0.572. The Balaban J connectivity index is 3.48. The van der Waals surface area contributed by atoms with Gasteiger partial charge in [0, 0.05) is 10.1 Å². The second-order valence-electron chi connectivity index (χ2n) is 7.59. The van der Waals surface area contributed by atoms with Crippen molar-refractivity contribution in [3.8, 4) is 0 Å². The molecule has 0 heterocycles. The summed E-state index contributed by atoms with van der Waals surface area (Å²) in [4.78, 5) is 0. The van der Waals surface area contributed by atoms with Crippen molar-refractivity contribution in [2.45, 2.75) is 51.6 Å². The Kier molecular flexibility index (Phi) is 4.88. The van der Waals surface area contributed by atoms with Crippen LogP contribution in [0.1, 0.15) is 41.5 Å². The third kappa shape index (κ3) is 3.12. The molecule has 1 aromatic carbocycles. The van der Waals surface area contributed by atoms with Gasteiger partial charge in [-0.1, -0.05) is 71.9 Å². The Labute approximate surface area is 128 Å². The van der Waals surface area contributed by atoms with Crippen LogP contribution < -0.4 is 5.19 Å². The first kappa shape index (κ1) is 18.5. The molecule has 0 radical (unpaired) electrons. The second-order valence-corrected chi connectivity index (χ2v) is 15.3. The minimum Gasteiger partial charge on any atom is -0.286 e. The first-order valence-electron chi connectivity index (χ1n) is 7.12. The van der Waals surface area contributed by atoms with Crippen LogP contribution in [0, 0.1) is 0 Å². The average molecular weight is 334 g/mol. The molecule has 0 aliphatic carbocycles. The minimum atomic E-state index is -4.92. The van der Waals surface area contributed by atoms with Crippen LogP contribution in [-0.4, -0.2) is 28.8 Å². The van der Waals surface area contributed by atoms with E-state index < -0.39 is 27.5 Å². The number of hydrogen-bond acceptors (Lipinski definition) is 1.